The predicted octanol–water partition coefficient (Wildman–Crippen LogP) is 5.56. The van der Waals surface area contributed by atoms with Crippen molar-refractivity contribution in [3.63, 3.8) is 0 Å². The lowest BCUT2D eigenvalue weighted by atomic mass is 9.89. The van der Waals surface area contributed by atoms with E-state index in [-0.39, 0.29) is 17.6 Å². The summed E-state index contributed by atoms with van der Waals surface area (Å²) in [4.78, 5) is 26.8. The Balaban J connectivity index is 1.58. The average molecular weight is 401 g/mol. The number of fused-ring (bicyclic) bond motifs is 1. The molecule has 3 aromatic rings. The van der Waals surface area contributed by atoms with E-state index >= 15 is 0 Å². The summed E-state index contributed by atoms with van der Waals surface area (Å²) in [5, 5.41) is 9.07. The fourth-order valence-corrected chi connectivity index (χ4v) is 4.84. The fourth-order valence-electron chi connectivity index (χ4n) is 4.06. The van der Waals surface area contributed by atoms with Crippen molar-refractivity contribution in [1.29, 1.82) is 0 Å². The third-order valence-electron chi connectivity index (χ3n) is 5.48. The van der Waals surface area contributed by atoms with Crippen molar-refractivity contribution in [1.82, 2.24) is 0 Å². The zero-order chi connectivity index (χ0) is 19.8. The Hall–Kier alpha value is -3.18. The quantitative estimate of drug-likeness (QED) is 0.565. The summed E-state index contributed by atoms with van der Waals surface area (Å²) >= 11 is 1.65. The first kappa shape index (κ1) is 17.9. The highest BCUT2D eigenvalue weighted by molar-refractivity contribution is 7.10. The topological polar surface area (TPSA) is 58.2 Å². The van der Waals surface area contributed by atoms with E-state index in [1.165, 1.54) is 0 Å². The fraction of sp³-hybridized carbons (Fsp3) is 0.167. The Morgan fingerprint density at radius 2 is 1.79 bits per heavy atom. The molecular formula is C24H20N2O2S. The number of anilines is 2. The molecule has 2 N–H and O–H groups in total. The summed E-state index contributed by atoms with van der Waals surface area (Å²) in [7, 11) is 0. The van der Waals surface area contributed by atoms with Crippen LogP contribution >= 0.6 is 11.3 Å². The summed E-state index contributed by atoms with van der Waals surface area (Å²) in [5.41, 5.74) is 4.82. The van der Waals surface area contributed by atoms with Gasteiger partial charge >= 0.3 is 0 Å². The first-order valence-electron chi connectivity index (χ1n) is 9.78. The van der Waals surface area contributed by atoms with Crippen LogP contribution < -0.4 is 10.6 Å². The van der Waals surface area contributed by atoms with Gasteiger partial charge in [-0.2, -0.15) is 0 Å². The van der Waals surface area contributed by atoms with Gasteiger partial charge in [-0.15, -0.1) is 11.3 Å². The molecule has 1 aliphatic heterocycles. The predicted molar refractivity (Wildman–Crippen MR) is 117 cm³/mol. The SMILES string of the molecule is O=C1CCCC2=C1[C@@H](c1cccs1)Nc1ccc(C(=O)c3ccccc3)cc1N2. The first-order chi connectivity index (χ1) is 14.2. The van der Waals surface area contributed by atoms with Crippen molar-refractivity contribution in [2.75, 3.05) is 10.6 Å². The highest BCUT2D eigenvalue weighted by atomic mass is 32.1. The van der Waals surface area contributed by atoms with Crippen molar-refractivity contribution >= 4 is 34.3 Å². The minimum absolute atomic E-state index is 0.0109. The monoisotopic (exact) mass is 400 g/mol. The normalized spacial score (nSPS) is 18.2. The van der Waals surface area contributed by atoms with Crippen LogP contribution in [0.3, 0.4) is 0 Å². The maximum absolute atomic E-state index is 12.9. The molecule has 0 saturated heterocycles. The van der Waals surface area contributed by atoms with E-state index in [1.54, 1.807) is 11.3 Å². The zero-order valence-electron chi connectivity index (χ0n) is 15.8. The van der Waals surface area contributed by atoms with Gasteiger partial charge in [0.25, 0.3) is 0 Å². The van der Waals surface area contributed by atoms with Crippen LogP contribution in [0.5, 0.6) is 0 Å². The standard InChI is InChI=1S/C24H20N2O2S/c27-20-9-4-8-18-22(20)23(21-10-5-13-29-21)26-17-12-11-16(14-19(17)25-18)24(28)15-6-2-1-3-7-15/h1-3,5-7,10-14,23,25-26H,4,8-9H2/t23-/m1/s1. The largest absolute Gasteiger partial charge is 0.372 e. The lowest BCUT2D eigenvalue weighted by molar-refractivity contribution is -0.116. The van der Waals surface area contributed by atoms with Crippen molar-refractivity contribution in [3.05, 3.63) is 93.3 Å². The number of ketones is 2. The molecule has 29 heavy (non-hydrogen) atoms. The van der Waals surface area contributed by atoms with E-state index < -0.39 is 0 Å². The van der Waals surface area contributed by atoms with Crippen LogP contribution in [0.25, 0.3) is 0 Å². The van der Waals surface area contributed by atoms with Gasteiger partial charge < -0.3 is 10.6 Å². The van der Waals surface area contributed by atoms with Crippen molar-refractivity contribution < 1.29 is 9.59 Å². The van der Waals surface area contributed by atoms with Crippen LogP contribution in [0.2, 0.25) is 0 Å². The van der Waals surface area contributed by atoms with E-state index in [1.807, 2.05) is 60.0 Å². The molecule has 144 valence electrons. The van der Waals surface area contributed by atoms with E-state index in [0.717, 1.165) is 40.4 Å². The number of nitrogens with one attached hydrogen (secondary N) is 2. The van der Waals surface area contributed by atoms with Crippen LogP contribution in [0, 0.1) is 0 Å². The maximum atomic E-state index is 12.9. The highest BCUT2D eigenvalue weighted by Gasteiger charge is 2.32. The minimum atomic E-state index is -0.165. The van der Waals surface area contributed by atoms with Gasteiger partial charge in [-0.3, -0.25) is 9.59 Å². The molecule has 1 atom stereocenters. The summed E-state index contributed by atoms with van der Waals surface area (Å²) in [6, 6.07) is 18.9. The van der Waals surface area contributed by atoms with Gasteiger partial charge in [0.15, 0.2) is 11.6 Å². The van der Waals surface area contributed by atoms with Gasteiger partial charge in [0.05, 0.1) is 17.4 Å². The molecule has 5 rings (SSSR count). The number of Topliss-reactive ketones (excluding diaryl/α,β-unsaturated/α-hetero) is 1. The van der Waals surface area contributed by atoms with Crippen LogP contribution in [-0.4, -0.2) is 11.6 Å². The highest BCUT2D eigenvalue weighted by Crippen LogP contribution is 2.42. The molecule has 0 bridgehead atoms. The van der Waals surface area contributed by atoms with E-state index in [9.17, 15) is 9.59 Å². The molecule has 2 aromatic carbocycles. The number of hydrogen-bond acceptors (Lipinski definition) is 5. The Bertz CT molecular complexity index is 1120. The Kier molecular flexibility index (Phi) is 4.52. The molecule has 0 radical (unpaired) electrons. The number of carbonyl (C=O) groups is 2. The number of hydrogen-bond donors (Lipinski definition) is 2. The Labute approximate surface area is 173 Å². The third-order valence-corrected chi connectivity index (χ3v) is 6.41. The second-order valence-corrected chi connectivity index (χ2v) is 8.32. The number of thiophene rings is 1. The molecular weight excluding hydrogens is 380 g/mol. The van der Waals surface area contributed by atoms with Crippen LogP contribution in [0.4, 0.5) is 11.4 Å². The van der Waals surface area contributed by atoms with Crippen molar-refractivity contribution in [3.8, 4) is 0 Å². The van der Waals surface area contributed by atoms with Crippen molar-refractivity contribution in [2.45, 2.75) is 25.3 Å². The lowest BCUT2D eigenvalue weighted by Gasteiger charge is -2.24. The second kappa shape index (κ2) is 7.33. The molecule has 0 spiro atoms. The van der Waals surface area contributed by atoms with Crippen LogP contribution in [-0.2, 0) is 4.79 Å². The van der Waals surface area contributed by atoms with Gasteiger partial charge in [-0.1, -0.05) is 36.4 Å². The lowest BCUT2D eigenvalue weighted by Crippen LogP contribution is -2.22. The Morgan fingerprint density at radius 1 is 0.931 bits per heavy atom. The molecule has 1 aromatic heterocycles. The molecule has 1 aliphatic carbocycles. The second-order valence-electron chi connectivity index (χ2n) is 7.34. The van der Waals surface area contributed by atoms with E-state index in [4.69, 9.17) is 0 Å². The maximum Gasteiger partial charge on any atom is 0.193 e. The number of allylic oxidation sites excluding steroid dienone is 1. The number of rotatable bonds is 3. The van der Waals surface area contributed by atoms with Crippen LogP contribution in [0.15, 0.2) is 77.3 Å². The van der Waals surface area contributed by atoms with Gasteiger partial charge in [-0.05, 0) is 42.5 Å². The average Bonchev–Trinajstić information content (AvgIpc) is 3.22. The molecule has 2 aliphatic rings. The molecule has 2 heterocycles. The summed E-state index contributed by atoms with van der Waals surface area (Å²) in [5.74, 6) is 0.182. The van der Waals surface area contributed by atoms with E-state index in [2.05, 4.69) is 16.7 Å². The summed E-state index contributed by atoms with van der Waals surface area (Å²) in [6.45, 7) is 0. The molecule has 0 unspecified atom stereocenters. The Morgan fingerprint density at radius 3 is 2.59 bits per heavy atom. The van der Waals surface area contributed by atoms with Gasteiger partial charge in [0, 0.05) is 33.7 Å². The molecule has 4 nitrogen and oxygen atoms in total. The molecule has 0 fully saturated rings. The minimum Gasteiger partial charge on any atom is -0.372 e. The van der Waals surface area contributed by atoms with E-state index in [0.29, 0.717) is 17.5 Å². The van der Waals surface area contributed by atoms with Crippen LogP contribution in [0.1, 0.15) is 46.1 Å². The van der Waals surface area contributed by atoms with Gasteiger partial charge in [0.1, 0.15) is 0 Å². The third kappa shape index (κ3) is 3.28. The number of benzene rings is 2. The van der Waals surface area contributed by atoms with Gasteiger partial charge in [-0.25, -0.2) is 0 Å². The summed E-state index contributed by atoms with van der Waals surface area (Å²) < 4.78 is 0. The number of carbonyl (C=O) groups excluding carboxylic acids is 2. The summed E-state index contributed by atoms with van der Waals surface area (Å²) in [6.07, 6.45) is 2.26. The zero-order valence-corrected chi connectivity index (χ0v) is 16.6. The smallest absolute Gasteiger partial charge is 0.193 e. The first-order valence-corrected chi connectivity index (χ1v) is 10.7. The molecule has 0 saturated carbocycles. The van der Waals surface area contributed by atoms with Gasteiger partial charge in [0.2, 0.25) is 0 Å². The molecule has 5 heteroatoms. The molecule has 0 amide bonds. The van der Waals surface area contributed by atoms with Crippen molar-refractivity contribution in [2.24, 2.45) is 0 Å².